The largest absolute Gasteiger partial charge is 0.493 e. The van der Waals surface area contributed by atoms with Crippen molar-refractivity contribution in [1.82, 2.24) is 10.3 Å². The third-order valence-electron chi connectivity index (χ3n) is 3.19. The van der Waals surface area contributed by atoms with Crippen LogP contribution in [0.15, 0.2) is 18.2 Å². The minimum absolute atomic E-state index is 0.677. The Balaban J connectivity index is 1.92. The minimum Gasteiger partial charge on any atom is -0.493 e. The summed E-state index contributed by atoms with van der Waals surface area (Å²) >= 11 is 1.77. The van der Waals surface area contributed by atoms with Gasteiger partial charge in [-0.25, -0.2) is 4.98 Å². The highest BCUT2D eigenvalue weighted by Crippen LogP contribution is 2.21. The summed E-state index contributed by atoms with van der Waals surface area (Å²) < 4.78 is 5.88. The van der Waals surface area contributed by atoms with Crippen molar-refractivity contribution < 1.29 is 4.74 Å². The zero-order valence-corrected chi connectivity index (χ0v) is 13.4. The second-order valence-electron chi connectivity index (χ2n) is 5.01. The smallest absolute Gasteiger partial charge is 0.122 e. The molecule has 0 aliphatic heterocycles. The molecule has 0 spiro atoms. The normalized spacial score (nSPS) is 10.8. The summed E-state index contributed by atoms with van der Waals surface area (Å²) in [5.74, 6) is 0.980. The molecular formula is C16H22N2OS. The molecule has 1 N–H and O–H groups in total. The molecule has 0 radical (unpaired) electrons. The Labute approximate surface area is 125 Å². The Bertz CT molecular complexity index is 578. The van der Waals surface area contributed by atoms with Crippen LogP contribution in [0.1, 0.15) is 26.7 Å². The van der Waals surface area contributed by atoms with E-state index in [2.05, 4.69) is 49.3 Å². The number of benzene rings is 1. The van der Waals surface area contributed by atoms with Gasteiger partial charge in [-0.1, -0.05) is 12.1 Å². The van der Waals surface area contributed by atoms with Gasteiger partial charge < -0.3 is 10.1 Å². The standard InChI is InChI=1S/C16H22N2OS/c1-11-5-6-12(2)14(9-11)19-8-7-16-18-13(3)15(20-16)10-17-4/h5-6,9,17H,7-8,10H2,1-4H3. The van der Waals surface area contributed by atoms with E-state index >= 15 is 0 Å². The lowest BCUT2D eigenvalue weighted by molar-refractivity contribution is 0.319. The molecule has 0 aliphatic rings. The summed E-state index contributed by atoms with van der Waals surface area (Å²) in [6.07, 6.45) is 0.864. The van der Waals surface area contributed by atoms with Gasteiger partial charge in [-0.3, -0.25) is 0 Å². The van der Waals surface area contributed by atoms with E-state index in [-0.39, 0.29) is 0 Å². The van der Waals surface area contributed by atoms with E-state index in [9.17, 15) is 0 Å². The molecule has 20 heavy (non-hydrogen) atoms. The van der Waals surface area contributed by atoms with Crippen molar-refractivity contribution in [2.24, 2.45) is 0 Å². The molecule has 0 amide bonds. The molecule has 0 unspecified atom stereocenters. The lowest BCUT2D eigenvalue weighted by Crippen LogP contribution is -2.04. The van der Waals surface area contributed by atoms with Crippen molar-refractivity contribution in [2.75, 3.05) is 13.7 Å². The number of rotatable bonds is 6. The first kappa shape index (κ1) is 15.0. The molecule has 0 bridgehead atoms. The number of aryl methyl sites for hydroxylation is 3. The first-order chi connectivity index (χ1) is 9.60. The van der Waals surface area contributed by atoms with Crippen molar-refractivity contribution in [2.45, 2.75) is 33.7 Å². The summed E-state index contributed by atoms with van der Waals surface area (Å²) in [5, 5.41) is 4.32. The van der Waals surface area contributed by atoms with E-state index in [0.717, 1.165) is 29.4 Å². The number of thiazole rings is 1. The van der Waals surface area contributed by atoms with Crippen LogP contribution < -0.4 is 10.1 Å². The maximum atomic E-state index is 5.88. The molecule has 4 heteroatoms. The van der Waals surface area contributed by atoms with Crippen LogP contribution in [0, 0.1) is 20.8 Å². The van der Waals surface area contributed by atoms with Crippen LogP contribution in [-0.2, 0) is 13.0 Å². The summed E-state index contributed by atoms with van der Waals surface area (Å²) in [6.45, 7) is 7.80. The van der Waals surface area contributed by atoms with Crippen LogP contribution in [-0.4, -0.2) is 18.6 Å². The van der Waals surface area contributed by atoms with Crippen molar-refractivity contribution in [3.63, 3.8) is 0 Å². The van der Waals surface area contributed by atoms with E-state index in [1.807, 2.05) is 7.05 Å². The fraction of sp³-hybridized carbons (Fsp3) is 0.438. The van der Waals surface area contributed by atoms with E-state index < -0.39 is 0 Å². The Morgan fingerprint density at radius 1 is 1.25 bits per heavy atom. The Hall–Kier alpha value is -1.39. The molecule has 0 fully saturated rings. The Kier molecular flexibility index (Phi) is 5.15. The molecule has 0 saturated heterocycles. The van der Waals surface area contributed by atoms with Gasteiger partial charge in [-0.2, -0.15) is 0 Å². The molecule has 1 heterocycles. The van der Waals surface area contributed by atoms with Crippen LogP contribution in [0.25, 0.3) is 0 Å². The van der Waals surface area contributed by atoms with E-state index in [1.54, 1.807) is 11.3 Å². The number of nitrogens with one attached hydrogen (secondary N) is 1. The van der Waals surface area contributed by atoms with Crippen LogP contribution in [0.2, 0.25) is 0 Å². The highest BCUT2D eigenvalue weighted by molar-refractivity contribution is 7.11. The number of aromatic nitrogens is 1. The maximum Gasteiger partial charge on any atom is 0.122 e. The van der Waals surface area contributed by atoms with Crippen LogP contribution in [0.4, 0.5) is 0 Å². The summed E-state index contributed by atoms with van der Waals surface area (Å²) in [5.41, 5.74) is 3.54. The number of nitrogens with zero attached hydrogens (tertiary/aromatic N) is 1. The number of hydrogen-bond donors (Lipinski definition) is 1. The SMILES string of the molecule is CNCc1sc(CCOc2cc(C)ccc2C)nc1C. The van der Waals surface area contributed by atoms with Crippen molar-refractivity contribution in [3.05, 3.63) is 44.9 Å². The molecule has 2 rings (SSSR count). The minimum atomic E-state index is 0.677. The first-order valence-corrected chi connectivity index (χ1v) is 7.71. The van der Waals surface area contributed by atoms with Gasteiger partial charge in [0.15, 0.2) is 0 Å². The quantitative estimate of drug-likeness (QED) is 0.885. The number of hydrogen-bond acceptors (Lipinski definition) is 4. The third kappa shape index (κ3) is 3.81. The van der Waals surface area contributed by atoms with E-state index in [1.165, 1.54) is 16.0 Å². The van der Waals surface area contributed by atoms with Crippen LogP contribution in [0.5, 0.6) is 5.75 Å². The fourth-order valence-electron chi connectivity index (χ4n) is 2.03. The van der Waals surface area contributed by atoms with Gasteiger partial charge in [0.1, 0.15) is 5.75 Å². The predicted octanol–water partition coefficient (Wildman–Crippen LogP) is 3.41. The first-order valence-electron chi connectivity index (χ1n) is 6.90. The molecule has 0 atom stereocenters. The fourth-order valence-corrected chi connectivity index (χ4v) is 3.09. The maximum absolute atomic E-state index is 5.88. The highest BCUT2D eigenvalue weighted by atomic mass is 32.1. The van der Waals surface area contributed by atoms with Gasteiger partial charge in [-0.05, 0) is 45.0 Å². The molecule has 1 aromatic heterocycles. The zero-order valence-electron chi connectivity index (χ0n) is 12.6. The molecule has 2 aromatic rings. The van der Waals surface area contributed by atoms with Gasteiger partial charge in [0.25, 0.3) is 0 Å². The molecule has 0 aliphatic carbocycles. The van der Waals surface area contributed by atoms with E-state index in [0.29, 0.717) is 6.61 Å². The molecule has 3 nitrogen and oxygen atoms in total. The molecule has 108 valence electrons. The second-order valence-corrected chi connectivity index (χ2v) is 6.18. The zero-order chi connectivity index (χ0) is 14.5. The second kappa shape index (κ2) is 6.86. The lowest BCUT2D eigenvalue weighted by Gasteiger charge is -2.08. The highest BCUT2D eigenvalue weighted by Gasteiger charge is 2.07. The summed E-state index contributed by atoms with van der Waals surface area (Å²) in [4.78, 5) is 5.91. The Morgan fingerprint density at radius 3 is 2.80 bits per heavy atom. The number of ether oxygens (including phenoxy) is 1. The van der Waals surface area contributed by atoms with Crippen molar-refractivity contribution >= 4 is 11.3 Å². The Morgan fingerprint density at radius 2 is 2.05 bits per heavy atom. The van der Waals surface area contributed by atoms with Gasteiger partial charge in [0, 0.05) is 17.8 Å². The molecule has 1 aromatic carbocycles. The monoisotopic (exact) mass is 290 g/mol. The topological polar surface area (TPSA) is 34.1 Å². The van der Waals surface area contributed by atoms with Crippen molar-refractivity contribution in [1.29, 1.82) is 0 Å². The summed E-state index contributed by atoms with van der Waals surface area (Å²) in [6, 6.07) is 6.30. The third-order valence-corrected chi connectivity index (χ3v) is 4.41. The average Bonchev–Trinajstić information content (AvgIpc) is 2.75. The van der Waals surface area contributed by atoms with Crippen LogP contribution >= 0.6 is 11.3 Å². The lowest BCUT2D eigenvalue weighted by atomic mass is 10.1. The van der Waals surface area contributed by atoms with Crippen molar-refractivity contribution in [3.8, 4) is 5.75 Å². The summed E-state index contributed by atoms with van der Waals surface area (Å²) in [7, 11) is 1.96. The van der Waals surface area contributed by atoms with Crippen LogP contribution in [0.3, 0.4) is 0 Å². The molecular weight excluding hydrogens is 268 g/mol. The van der Waals surface area contributed by atoms with Gasteiger partial charge in [-0.15, -0.1) is 11.3 Å². The van der Waals surface area contributed by atoms with Gasteiger partial charge in [0.2, 0.25) is 0 Å². The predicted molar refractivity (Wildman–Crippen MR) is 84.7 cm³/mol. The van der Waals surface area contributed by atoms with Gasteiger partial charge >= 0.3 is 0 Å². The average molecular weight is 290 g/mol. The van der Waals surface area contributed by atoms with E-state index in [4.69, 9.17) is 4.74 Å². The van der Waals surface area contributed by atoms with Gasteiger partial charge in [0.05, 0.1) is 17.3 Å². The molecule has 0 saturated carbocycles.